The van der Waals surface area contributed by atoms with Crippen LogP contribution in [-0.2, 0) is 16.2 Å². The largest absolute Gasteiger partial charge is 0.465 e. The number of alkyl halides is 5. The number of carboxylic acid groups (broad SMARTS) is 1. The van der Waals surface area contributed by atoms with Gasteiger partial charge in [-0.1, -0.05) is 6.07 Å². The van der Waals surface area contributed by atoms with Crippen LogP contribution in [0.3, 0.4) is 0 Å². The molecule has 39 heavy (non-hydrogen) atoms. The molecule has 7 nitrogen and oxygen atoms in total. The summed E-state index contributed by atoms with van der Waals surface area (Å²) in [6, 6.07) is 0.639. The number of hydrogen-bond acceptors (Lipinski definition) is 3. The maximum atomic E-state index is 15.4. The van der Waals surface area contributed by atoms with Gasteiger partial charge in [0.05, 0.1) is 16.9 Å². The van der Waals surface area contributed by atoms with Crippen molar-refractivity contribution in [3.63, 3.8) is 0 Å². The number of likely N-dealkylation sites (tertiary alicyclic amines) is 1. The lowest BCUT2D eigenvalue weighted by Crippen LogP contribution is -2.50. The monoisotopic (exact) mass is 579 g/mol. The average molecular weight is 579 g/mol. The Hall–Kier alpha value is -3.33. The van der Waals surface area contributed by atoms with E-state index in [-0.39, 0.29) is 48.5 Å². The van der Waals surface area contributed by atoms with Gasteiger partial charge in [0.1, 0.15) is 17.7 Å². The van der Waals surface area contributed by atoms with Crippen LogP contribution in [0.2, 0.25) is 0 Å². The van der Waals surface area contributed by atoms with Crippen molar-refractivity contribution in [2.24, 2.45) is 0 Å². The number of hydrogen-bond donors (Lipinski definition) is 2. The molecule has 210 valence electrons. The molecule has 1 aromatic heterocycles. The summed E-state index contributed by atoms with van der Waals surface area (Å²) in [5, 5.41) is 8.14. The highest BCUT2D eigenvalue weighted by atomic mass is 32.2. The summed E-state index contributed by atoms with van der Waals surface area (Å²) in [5.41, 5.74) is -3.09. The smallest absolute Gasteiger partial charge is 0.417 e. The third-order valence-electron chi connectivity index (χ3n) is 6.90. The molecule has 1 aliphatic heterocycles. The van der Waals surface area contributed by atoms with E-state index < -0.39 is 74.4 Å². The number of halogens is 7. The van der Waals surface area contributed by atoms with E-state index in [0.717, 1.165) is 35.4 Å². The molecule has 3 aromatic rings. The first-order chi connectivity index (χ1) is 18.2. The SMILES string of the molecule is O=C(O)N1CC(n2cc([C@H](NS(=O)(=O)C3CC3)C(F)F)c3cc(F)c(-c4ccc(F)cc4C(F)(F)F)cc32)C1. The number of nitrogens with one attached hydrogen (secondary N) is 1. The van der Waals surface area contributed by atoms with E-state index in [9.17, 15) is 44.7 Å². The van der Waals surface area contributed by atoms with Gasteiger partial charge in [0.2, 0.25) is 10.0 Å². The molecule has 2 heterocycles. The first-order valence-corrected chi connectivity index (χ1v) is 13.2. The normalized spacial score (nSPS) is 17.6. The Morgan fingerprint density at radius 2 is 1.72 bits per heavy atom. The van der Waals surface area contributed by atoms with Crippen molar-refractivity contribution >= 4 is 27.0 Å². The summed E-state index contributed by atoms with van der Waals surface area (Å²) in [5.74, 6) is -2.44. The van der Waals surface area contributed by atoms with Crippen molar-refractivity contribution in [1.82, 2.24) is 14.2 Å². The fourth-order valence-corrected chi connectivity index (χ4v) is 6.26. The van der Waals surface area contributed by atoms with E-state index in [2.05, 4.69) is 0 Å². The lowest BCUT2D eigenvalue weighted by atomic mass is 9.96. The Kier molecular flexibility index (Phi) is 6.57. The molecular formula is C24H20F7N3O4S. The number of sulfonamides is 1. The lowest BCUT2D eigenvalue weighted by Gasteiger charge is -2.38. The molecule has 2 N–H and O–H groups in total. The maximum Gasteiger partial charge on any atom is 0.417 e. The predicted octanol–water partition coefficient (Wildman–Crippen LogP) is 5.53. The van der Waals surface area contributed by atoms with Crippen LogP contribution in [0.25, 0.3) is 22.0 Å². The molecule has 1 aliphatic carbocycles. The zero-order valence-electron chi connectivity index (χ0n) is 19.7. The number of rotatable bonds is 7. The Bertz CT molecular complexity index is 1560. The van der Waals surface area contributed by atoms with Crippen LogP contribution >= 0.6 is 0 Å². The summed E-state index contributed by atoms with van der Waals surface area (Å²) in [6.07, 6.45) is -7.86. The van der Waals surface area contributed by atoms with Gasteiger partial charge in [-0.05, 0) is 42.7 Å². The van der Waals surface area contributed by atoms with Crippen LogP contribution in [0.15, 0.2) is 36.5 Å². The van der Waals surface area contributed by atoms with E-state index >= 15 is 4.39 Å². The number of nitrogens with zero attached hydrogens (tertiary/aromatic N) is 2. The second kappa shape index (κ2) is 9.40. The van der Waals surface area contributed by atoms with Gasteiger partial charge in [-0.25, -0.2) is 35.5 Å². The highest BCUT2D eigenvalue weighted by Crippen LogP contribution is 2.42. The second-order valence-corrected chi connectivity index (χ2v) is 11.5. The van der Waals surface area contributed by atoms with Crippen LogP contribution in [0.5, 0.6) is 0 Å². The van der Waals surface area contributed by atoms with Crippen LogP contribution < -0.4 is 4.72 Å². The van der Waals surface area contributed by atoms with Crippen LogP contribution in [0, 0.1) is 11.6 Å². The van der Waals surface area contributed by atoms with E-state index in [1.165, 1.54) is 4.57 Å². The topological polar surface area (TPSA) is 91.6 Å². The summed E-state index contributed by atoms with van der Waals surface area (Å²) < 4.78 is 127. The third kappa shape index (κ3) is 5.04. The number of fused-ring (bicyclic) bond motifs is 1. The van der Waals surface area contributed by atoms with Crippen molar-refractivity contribution in [3.8, 4) is 11.1 Å². The zero-order chi connectivity index (χ0) is 28.4. The molecule has 1 amide bonds. The lowest BCUT2D eigenvalue weighted by molar-refractivity contribution is -0.137. The molecule has 2 aliphatic rings. The van der Waals surface area contributed by atoms with Gasteiger partial charge in [0.15, 0.2) is 0 Å². The first kappa shape index (κ1) is 27.2. The van der Waals surface area contributed by atoms with E-state index in [4.69, 9.17) is 0 Å². The molecule has 2 fully saturated rings. The van der Waals surface area contributed by atoms with Crippen molar-refractivity contribution in [3.05, 3.63) is 59.3 Å². The first-order valence-electron chi connectivity index (χ1n) is 11.7. The van der Waals surface area contributed by atoms with Gasteiger partial charge >= 0.3 is 12.3 Å². The Labute approximate surface area is 216 Å². The highest BCUT2D eigenvalue weighted by molar-refractivity contribution is 7.90. The Balaban J connectivity index is 1.69. The standard InChI is InChI=1S/C24H20F7N3O4S/c25-11-1-4-14(18(5-11)24(29,30)31)15-7-20-16(6-19(15)26)17(10-34(20)12-8-33(9-12)23(35)36)21(22(27)28)32-39(37,38)13-2-3-13/h1,4-7,10,12-13,21-22,32H,2-3,8-9H2,(H,35,36)/t21-/m0/s1. The minimum absolute atomic E-state index is 0.0230. The van der Waals surface area contributed by atoms with Crippen LogP contribution in [0.4, 0.5) is 35.5 Å². The summed E-state index contributed by atoms with van der Waals surface area (Å²) >= 11 is 0. The van der Waals surface area contributed by atoms with Gasteiger partial charge < -0.3 is 14.6 Å². The second-order valence-electron chi connectivity index (χ2n) is 9.54. The molecule has 1 saturated heterocycles. The van der Waals surface area contributed by atoms with Crippen LogP contribution in [-0.4, -0.2) is 53.8 Å². The minimum atomic E-state index is -5.05. The van der Waals surface area contributed by atoms with Crippen LogP contribution in [0.1, 0.15) is 36.1 Å². The van der Waals surface area contributed by atoms with Gasteiger partial charge in [-0.3, -0.25) is 0 Å². The molecule has 1 saturated carbocycles. The average Bonchev–Trinajstić information content (AvgIpc) is 3.60. The summed E-state index contributed by atoms with van der Waals surface area (Å²) in [4.78, 5) is 12.3. The summed E-state index contributed by atoms with van der Waals surface area (Å²) in [7, 11) is -4.14. The number of amides is 1. The maximum absolute atomic E-state index is 15.4. The minimum Gasteiger partial charge on any atom is -0.465 e. The van der Waals surface area contributed by atoms with Crippen molar-refractivity contribution < 1.29 is 49.1 Å². The molecule has 0 bridgehead atoms. The molecular weight excluding hydrogens is 559 g/mol. The molecule has 1 atom stereocenters. The Morgan fingerprint density at radius 1 is 1.05 bits per heavy atom. The van der Waals surface area contributed by atoms with Gasteiger partial charge in [-0.15, -0.1) is 0 Å². The van der Waals surface area contributed by atoms with Crippen molar-refractivity contribution in [2.75, 3.05) is 13.1 Å². The highest BCUT2D eigenvalue weighted by Gasteiger charge is 2.41. The summed E-state index contributed by atoms with van der Waals surface area (Å²) in [6.45, 7) is -0.189. The molecule has 15 heteroatoms. The fourth-order valence-electron chi connectivity index (χ4n) is 4.73. The molecule has 0 unspecified atom stereocenters. The number of carbonyl (C=O) groups is 1. The van der Waals surface area contributed by atoms with Crippen molar-refractivity contribution in [1.29, 1.82) is 0 Å². The molecule has 0 spiro atoms. The molecule has 0 radical (unpaired) electrons. The van der Waals surface area contributed by atoms with Crippen molar-refractivity contribution in [2.45, 2.75) is 42.8 Å². The van der Waals surface area contributed by atoms with E-state index in [1.807, 2.05) is 4.72 Å². The third-order valence-corrected chi connectivity index (χ3v) is 8.83. The number of benzene rings is 2. The van der Waals surface area contributed by atoms with Gasteiger partial charge in [-0.2, -0.15) is 13.2 Å². The van der Waals surface area contributed by atoms with Gasteiger partial charge in [0.25, 0.3) is 6.43 Å². The predicted molar refractivity (Wildman–Crippen MR) is 125 cm³/mol. The quantitative estimate of drug-likeness (QED) is 0.361. The Morgan fingerprint density at radius 3 is 2.28 bits per heavy atom. The van der Waals surface area contributed by atoms with Gasteiger partial charge in [0, 0.05) is 41.3 Å². The number of aromatic nitrogens is 1. The fraction of sp³-hybridized carbons (Fsp3) is 0.375. The molecule has 2 aromatic carbocycles. The zero-order valence-corrected chi connectivity index (χ0v) is 20.5. The van der Waals surface area contributed by atoms with E-state index in [0.29, 0.717) is 0 Å². The molecule has 5 rings (SSSR count). The van der Waals surface area contributed by atoms with E-state index in [1.54, 1.807) is 0 Å².